The molecule has 162 valence electrons. The second-order valence-corrected chi connectivity index (χ2v) is 8.42. The van der Waals surface area contributed by atoms with Gasteiger partial charge >= 0.3 is 0 Å². The normalized spacial score (nSPS) is 10.7. The standard InChI is InChI=1S/C26H25N3O2S/c1-18-8-12-21(13-9-18)28-25(30)17-32-26-27-16-24(20-10-14-22(31-3)15-11-20)29(26)23-7-5-4-6-19(23)2/h4-16H,17H2,1-3H3,(H,28,30). The molecule has 0 atom stereocenters. The van der Waals surface area contributed by atoms with Crippen molar-refractivity contribution in [3.05, 3.63) is 90.1 Å². The number of rotatable bonds is 7. The van der Waals surface area contributed by atoms with E-state index in [1.54, 1.807) is 7.11 Å². The Hall–Kier alpha value is -3.51. The molecule has 1 heterocycles. The van der Waals surface area contributed by atoms with Gasteiger partial charge in [-0.1, -0.05) is 47.7 Å². The van der Waals surface area contributed by atoms with Crippen LogP contribution >= 0.6 is 11.8 Å². The molecule has 4 aromatic rings. The Morgan fingerprint density at radius 2 is 1.72 bits per heavy atom. The summed E-state index contributed by atoms with van der Waals surface area (Å²) in [5.41, 5.74) is 6.11. The number of aromatic nitrogens is 2. The van der Waals surface area contributed by atoms with E-state index in [-0.39, 0.29) is 11.7 Å². The molecule has 1 aromatic heterocycles. The maximum atomic E-state index is 12.5. The lowest BCUT2D eigenvalue weighted by Crippen LogP contribution is -2.14. The number of carbonyl (C=O) groups excluding carboxylic acids is 1. The zero-order valence-corrected chi connectivity index (χ0v) is 19.1. The quantitative estimate of drug-likeness (QED) is 0.362. The van der Waals surface area contributed by atoms with Crippen molar-refractivity contribution in [2.75, 3.05) is 18.2 Å². The minimum absolute atomic E-state index is 0.0656. The third-order valence-electron chi connectivity index (χ3n) is 5.14. The van der Waals surface area contributed by atoms with Crippen molar-refractivity contribution >= 4 is 23.4 Å². The van der Waals surface area contributed by atoms with Crippen LogP contribution in [0.4, 0.5) is 5.69 Å². The smallest absolute Gasteiger partial charge is 0.234 e. The first kappa shape index (κ1) is 21.7. The van der Waals surface area contributed by atoms with Crippen LogP contribution in [0, 0.1) is 13.8 Å². The summed E-state index contributed by atoms with van der Waals surface area (Å²) in [5.74, 6) is 1.00. The summed E-state index contributed by atoms with van der Waals surface area (Å²) >= 11 is 1.42. The minimum atomic E-state index is -0.0656. The highest BCUT2D eigenvalue weighted by Crippen LogP contribution is 2.32. The van der Waals surface area contributed by atoms with Crippen molar-refractivity contribution in [3.8, 4) is 22.7 Å². The lowest BCUT2D eigenvalue weighted by molar-refractivity contribution is -0.113. The third kappa shape index (κ3) is 4.86. The number of amides is 1. The third-order valence-corrected chi connectivity index (χ3v) is 6.09. The Labute approximate surface area is 192 Å². The molecule has 0 aliphatic heterocycles. The number of para-hydroxylation sites is 1. The van der Waals surface area contributed by atoms with E-state index >= 15 is 0 Å². The van der Waals surface area contributed by atoms with Gasteiger partial charge in [0.15, 0.2) is 5.16 Å². The van der Waals surface area contributed by atoms with Gasteiger partial charge in [0.05, 0.1) is 30.4 Å². The van der Waals surface area contributed by atoms with E-state index in [0.29, 0.717) is 0 Å². The molecule has 3 aromatic carbocycles. The molecule has 0 aliphatic carbocycles. The van der Waals surface area contributed by atoms with Crippen LogP contribution in [-0.2, 0) is 4.79 Å². The predicted molar refractivity (Wildman–Crippen MR) is 131 cm³/mol. The SMILES string of the molecule is COc1ccc(-c2cnc(SCC(=O)Nc3ccc(C)cc3)n2-c2ccccc2C)cc1. The zero-order chi connectivity index (χ0) is 22.5. The summed E-state index contributed by atoms with van der Waals surface area (Å²) in [7, 11) is 1.66. The summed E-state index contributed by atoms with van der Waals surface area (Å²) in [6.07, 6.45) is 1.86. The highest BCUT2D eigenvalue weighted by atomic mass is 32.2. The molecule has 1 amide bonds. The molecule has 0 fully saturated rings. The molecule has 0 unspecified atom stereocenters. The average Bonchev–Trinajstić information content (AvgIpc) is 3.23. The number of imidazole rings is 1. The number of hydrogen-bond acceptors (Lipinski definition) is 4. The Bertz CT molecular complexity index is 1210. The van der Waals surface area contributed by atoms with Gasteiger partial charge < -0.3 is 10.1 Å². The van der Waals surface area contributed by atoms with E-state index in [9.17, 15) is 4.79 Å². The molecule has 32 heavy (non-hydrogen) atoms. The molecular formula is C26H25N3O2S. The van der Waals surface area contributed by atoms with Gasteiger partial charge in [-0.15, -0.1) is 0 Å². The fourth-order valence-electron chi connectivity index (χ4n) is 3.41. The second kappa shape index (κ2) is 9.75. The van der Waals surface area contributed by atoms with E-state index in [0.717, 1.165) is 44.7 Å². The molecule has 4 rings (SSSR count). The maximum Gasteiger partial charge on any atom is 0.234 e. The van der Waals surface area contributed by atoms with Crippen LogP contribution in [0.5, 0.6) is 5.75 Å². The predicted octanol–water partition coefficient (Wildman–Crippen LogP) is 5.90. The van der Waals surface area contributed by atoms with Crippen molar-refractivity contribution in [3.63, 3.8) is 0 Å². The number of anilines is 1. The van der Waals surface area contributed by atoms with Gasteiger partial charge in [-0.05, 0) is 61.9 Å². The van der Waals surface area contributed by atoms with Crippen LogP contribution in [0.15, 0.2) is 84.1 Å². The van der Waals surface area contributed by atoms with Gasteiger partial charge in [0.1, 0.15) is 5.75 Å². The average molecular weight is 444 g/mol. The van der Waals surface area contributed by atoms with Gasteiger partial charge in [0.25, 0.3) is 0 Å². The molecule has 6 heteroatoms. The summed E-state index contributed by atoms with van der Waals surface area (Å²) in [6.45, 7) is 4.10. The molecule has 0 aliphatic rings. The van der Waals surface area contributed by atoms with E-state index in [1.165, 1.54) is 11.8 Å². The summed E-state index contributed by atoms with van der Waals surface area (Å²) in [4.78, 5) is 17.2. The lowest BCUT2D eigenvalue weighted by Gasteiger charge is -2.14. The number of methoxy groups -OCH3 is 1. The lowest BCUT2D eigenvalue weighted by atomic mass is 10.1. The molecule has 1 N–H and O–H groups in total. The number of thioether (sulfide) groups is 1. The number of nitrogens with one attached hydrogen (secondary N) is 1. The molecular weight excluding hydrogens is 418 g/mol. The number of hydrogen-bond donors (Lipinski definition) is 1. The molecule has 5 nitrogen and oxygen atoms in total. The fourth-order valence-corrected chi connectivity index (χ4v) is 4.20. The largest absolute Gasteiger partial charge is 0.497 e. The Kier molecular flexibility index (Phi) is 6.61. The number of carbonyl (C=O) groups is 1. The first-order chi connectivity index (χ1) is 15.5. The zero-order valence-electron chi connectivity index (χ0n) is 18.3. The first-order valence-corrected chi connectivity index (χ1v) is 11.3. The van der Waals surface area contributed by atoms with Crippen LogP contribution in [0.2, 0.25) is 0 Å². The molecule has 0 saturated heterocycles. The second-order valence-electron chi connectivity index (χ2n) is 7.48. The van der Waals surface area contributed by atoms with Gasteiger partial charge in [-0.25, -0.2) is 4.98 Å². The highest BCUT2D eigenvalue weighted by Gasteiger charge is 2.17. The number of benzene rings is 3. The molecule has 0 spiro atoms. The van der Waals surface area contributed by atoms with E-state index < -0.39 is 0 Å². The van der Waals surface area contributed by atoms with Crippen LogP contribution in [0.1, 0.15) is 11.1 Å². The highest BCUT2D eigenvalue weighted by molar-refractivity contribution is 7.99. The number of nitrogens with zero attached hydrogens (tertiary/aromatic N) is 2. The van der Waals surface area contributed by atoms with E-state index in [1.807, 2.05) is 73.8 Å². The topological polar surface area (TPSA) is 56.1 Å². The monoisotopic (exact) mass is 443 g/mol. The molecule has 0 saturated carbocycles. The van der Waals surface area contributed by atoms with Crippen molar-refractivity contribution in [2.45, 2.75) is 19.0 Å². The van der Waals surface area contributed by atoms with E-state index in [4.69, 9.17) is 4.74 Å². The number of aryl methyl sites for hydroxylation is 2. The first-order valence-electron chi connectivity index (χ1n) is 10.3. The Morgan fingerprint density at radius 3 is 2.41 bits per heavy atom. The van der Waals surface area contributed by atoms with Crippen molar-refractivity contribution in [2.24, 2.45) is 0 Å². The van der Waals surface area contributed by atoms with Crippen LogP contribution in [0.3, 0.4) is 0 Å². The van der Waals surface area contributed by atoms with E-state index in [2.05, 4.69) is 33.9 Å². The maximum absolute atomic E-state index is 12.5. The minimum Gasteiger partial charge on any atom is -0.497 e. The van der Waals surface area contributed by atoms with Crippen molar-refractivity contribution in [1.82, 2.24) is 9.55 Å². The Morgan fingerprint density at radius 1 is 1.00 bits per heavy atom. The molecule has 0 bridgehead atoms. The Balaban J connectivity index is 1.61. The summed E-state index contributed by atoms with van der Waals surface area (Å²) in [5, 5.41) is 3.72. The van der Waals surface area contributed by atoms with Crippen molar-refractivity contribution < 1.29 is 9.53 Å². The van der Waals surface area contributed by atoms with Crippen LogP contribution < -0.4 is 10.1 Å². The summed E-state index contributed by atoms with van der Waals surface area (Å²) < 4.78 is 7.41. The van der Waals surface area contributed by atoms with Crippen LogP contribution in [-0.4, -0.2) is 28.3 Å². The summed E-state index contributed by atoms with van der Waals surface area (Å²) in [6, 6.07) is 23.9. The molecule has 0 radical (unpaired) electrons. The van der Waals surface area contributed by atoms with Crippen LogP contribution in [0.25, 0.3) is 16.9 Å². The van der Waals surface area contributed by atoms with Gasteiger partial charge in [-0.2, -0.15) is 0 Å². The van der Waals surface area contributed by atoms with Gasteiger partial charge in [-0.3, -0.25) is 9.36 Å². The van der Waals surface area contributed by atoms with Gasteiger partial charge in [0, 0.05) is 11.3 Å². The van der Waals surface area contributed by atoms with Gasteiger partial charge in [0.2, 0.25) is 5.91 Å². The van der Waals surface area contributed by atoms with Crippen molar-refractivity contribution in [1.29, 1.82) is 0 Å². The number of ether oxygens (including phenoxy) is 1. The fraction of sp³-hybridized carbons (Fsp3) is 0.154.